The van der Waals surface area contributed by atoms with Crippen LogP contribution in [0, 0.1) is 0 Å². The van der Waals surface area contributed by atoms with Gasteiger partial charge in [-0.1, -0.05) is 12.2 Å². The van der Waals surface area contributed by atoms with E-state index in [1.165, 1.54) is 38.1 Å². The van der Waals surface area contributed by atoms with E-state index in [1.54, 1.807) is 0 Å². The van der Waals surface area contributed by atoms with Crippen molar-refractivity contribution in [3.8, 4) is 0 Å². The fourth-order valence-corrected chi connectivity index (χ4v) is 2.51. The van der Waals surface area contributed by atoms with E-state index in [4.69, 9.17) is 9.47 Å². The van der Waals surface area contributed by atoms with E-state index in [1.807, 2.05) is 0 Å². The summed E-state index contributed by atoms with van der Waals surface area (Å²) in [6.45, 7) is 10.3. The van der Waals surface area contributed by atoms with Crippen LogP contribution in [0.5, 0.6) is 0 Å². The minimum absolute atomic E-state index is 0.133. The molecule has 1 aromatic rings. The number of thiophene rings is 1. The van der Waals surface area contributed by atoms with Crippen LogP contribution >= 0.6 is 11.3 Å². The SMILES string of the molecule is C=CCNC(=O)[C@H](C)OC(=O)c1ccc(C(=O)O[C@H](C)C(=O)NCC=C)s1. The highest BCUT2D eigenvalue weighted by Gasteiger charge is 2.23. The molecule has 1 rings (SSSR count). The zero-order chi connectivity index (χ0) is 20.4. The summed E-state index contributed by atoms with van der Waals surface area (Å²) in [6.07, 6.45) is 1.01. The zero-order valence-electron chi connectivity index (χ0n) is 15.2. The first-order valence-electron chi connectivity index (χ1n) is 8.09. The average molecular weight is 394 g/mol. The predicted octanol–water partition coefficient (Wildman–Crippen LogP) is 1.44. The molecule has 8 nitrogen and oxygen atoms in total. The summed E-state index contributed by atoms with van der Waals surface area (Å²) in [5.74, 6) is -2.40. The number of hydrogen-bond donors (Lipinski definition) is 2. The average Bonchev–Trinajstić information content (AvgIpc) is 3.14. The molecular weight excluding hydrogens is 372 g/mol. The Labute approximate surface area is 161 Å². The number of hydrogen-bond acceptors (Lipinski definition) is 7. The summed E-state index contributed by atoms with van der Waals surface area (Å²) in [5.41, 5.74) is 0. The summed E-state index contributed by atoms with van der Waals surface area (Å²) < 4.78 is 10.1. The molecule has 27 heavy (non-hydrogen) atoms. The van der Waals surface area contributed by atoms with E-state index in [9.17, 15) is 19.2 Å². The third kappa shape index (κ3) is 7.06. The van der Waals surface area contributed by atoms with Crippen molar-refractivity contribution in [2.24, 2.45) is 0 Å². The zero-order valence-corrected chi connectivity index (χ0v) is 16.0. The van der Waals surface area contributed by atoms with E-state index < -0.39 is 36.0 Å². The van der Waals surface area contributed by atoms with Crippen LogP contribution in [0.3, 0.4) is 0 Å². The topological polar surface area (TPSA) is 111 Å². The maximum atomic E-state index is 12.1. The van der Waals surface area contributed by atoms with E-state index in [0.717, 1.165) is 11.3 Å². The largest absolute Gasteiger partial charge is 0.448 e. The maximum Gasteiger partial charge on any atom is 0.349 e. The first-order valence-corrected chi connectivity index (χ1v) is 8.90. The molecule has 0 aliphatic rings. The van der Waals surface area contributed by atoms with Gasteiger partial charge in [0.05, 0.1) is 0 Å². The van der Waals surface area contributed by atoms with Crippen molar-refractivity contribution < 1.29 is 28.7 Å². The molecule has 0 bridgehead atoms. The van der Waals surface area contributed by atoms with E-state index >= 15 is 0 Å². The molecule has 0 radical (unpaired) electrons. The number of carbonyl (C=O) groups excluding carboxylic acids is 4. The summed E-state index contributed by atoms with van der Waals surface area (Å²) in [4.78, 5) is 47.8. The Kier molecular flexibility index (Phi) is 8.94. The lowest BCUT2D eigenvalue weighted by molar-refractivity contribution is -0.129. The lowest BCUT2D eigenvalue weighted by atomic mass is 10.3. The normalized spacial score (nSPS) is 12.2. The summed E-state index contributed by atoms with van der Waals surface area (Å²) in [7, 11) is 0. The van der Waals surface area contributed by atoms with Crippen molar-refractivity contribution in [3.05, 3.63) is 47.2 Å². The van der Waals surface area contributed by atoms with Crippen LogP contribution in [0.1, 0.15) is 33.2 Å². The molecule has 0 unspecified atom stereocenters. The number of amides is 2. The van der Waals surface area contributed by atoms with Crippen LogP contribution in [0.15, 0.2) is 37.4 Å². The third-order valence-electron chi connectivity index (χ3n) is 3.16. The smallest absolute Gasteiger partial charge is 0.349 e. The van der Waals surface area contributed by atoms with E-state index in [2.05, 4.69) is 23.8 Å². The van der Waals surface area contributed by atoms with Gasteiger partial charge >= 0.3 is 11.9 Å². The standard InChI is InChI=1S/C18H22N2O6S/c1-5-9-19-15(21)11(3)25-17(23)13-7-8-14(27-13)18(24)26-12(4)16(22)20-10-6-2/h5-8,11-12H,1-2,9-10H2,3-4H3,(H,19,21)(H,20,22)/t11-,12+. The second kappa shape index (κ2) is 10.9. The van der Waals surface area contributed by atoms with Gasteiger partial charge in [-0.25, -0.2) is 9.59 Å². The van der Waals surface area contributed by atoms with Gasteiger partial charge < -0.3 is 20.1 Å². The Balaban J connectivity index is 2.63. The van der Waals surface area contributed by atoms with Crippen LogP contribution in [0.25, 0.3) is 0 Å². The Morgan fingerprint density at radius 2 is 1.30 bits per heavy atom. The van der Waals surface area contributed by atoms with Gasteiger partial charge in [0.2, 0.25) is 0 Å². The minimum atomic E-state index is -0.997. The minimum Gasteiger partial charge on any atom is -0.448 e. The predicted molar refractivity (Wildman–Crippen MR) is 100 cm³/mol. The van der Waals surface area contributed by atoms with Gasteiger partial charge in [0.15, 0.2) is 12.2 Å². The maximum absolute atomic E-state index is 12.1. The Morgan fingerprint density at radius 1 is 0.926 bits per heavy atom. The summed E-state index contributed by atoms with van der Waals surface area (Å²) >= 11 is 0.847. The molecule has 1 aromatic heterocycles. The number of carbonyl (C=O) groups is 4. The molecule has 146 valence electrons. The molecule has 0 spiro atoms. The molecule has 9 heteroatoms. The Hall–Kier alpha value is -2.94. The fraction of sp³-hybridized carbons (Fsp3) is 0.333. The van der Waals surface area contributed by atoms with Crippen LogP contribution in [-0.4, -0.2) is 49.1 Å². The molecule has 2 amide bonds. The monoisotopic (exact) mass is 394 g/mol. The molecule has 0 aliphatic carbocycles. The van der Waals surface area contributed by atoms with Gasteiger partial charge in [0, 0.05) is 13.1 Å². The highest BCUT2D eigenvalue weighted by atomic mass is 32.1. The van der Waals surface area contributed by atoms with Crippen molar-refractivity contribution in [2.75, 3.05) is 13.1 Å². The lowest BCUT2D eigenvalue weighted by Gasteiger charge is -2.12. The first kappa shape index (κ1) is 22.1. The van der Waals surface area contributed by atoms with Gasteiger partial charge in [-0.3, -0.25) is 9.59 Å². The van der Waals surface area contributed by atoms with Crippen molar-refractivity contribution in [1.82, 2.24) is 10.6 Å². The quantitative estimate of drug-likeness (QED) is 0.459. The Morgan fingerprint density at radius 3 is 1.63 bits per heavy atom. The van der Waals surface area contributed by atoms with Crippen molar-refractivity contribution in [2.45, 2.75) is 26.1 Å². The number of rotatable bonds is 10. The molecule has 0 aromatic carbocycles. The molecule has 1 heterocycles. The first-order chi connectivity index (χ1) is 12.8. The van der Waals surface area contributed by atoms with Gasteiger partial charge in [-0.05, 0) is 26.0 Å². The molecule has 0 saturated carbocycles. The molecule has 2 atom stereocenters. The highest BCUT2D eigenvalue weighted by molar-refractivity contribution is 7.15. The van der Waals surface area contributed by atoms with Gasteiger partial charge in [0.25, 0.3) is 11.8 Å². The van der Waals surface area contributed by atoms with Crippen molar-refractivity contribution >= 4 is 35.1 Å². The molecule has 0 saturated heterocycles. The van der Waals surface area contributed by atoms with Crippen LogP contribution in [-0.2, 0) is 19.1 Å². The van der Waals surface area contributed by atoms with Gasteiger partial charge in [0.1, 0.15) is 9.75 Å². The highest BCUT2D eigenvalue weighted by Crippen LogP contribution is 2.19. The lowest BCUT2D eigenvalue weighted by Crippen LogP contribution is -2.35. The second-order valence-electron chi connectivity index (χ2n) is 5.33. The fourth-order valence-electron chi connectivity index (χ4n) is 1.73. The van der Waals surface area contributed by atoms with E-state index in [0.29, 0.717) is 0 Å². The summed E-state index contributed by atoms with van der Waals surface area (Å²) in [6, 6.07) is 2.78. The Bertz CT molecular complexity index is 669. The molecular formula is C18H22N2O6S. The van der Waals surface area contributed by atoms with Gasteiger partial charge in [-0.15, -0.1) is 24.5 Å². The molecule has 0 fully saturated rings. The van der Waals surface area contributed by atoms with Crippen LogP contribution < -0.4 is 10.6 Å². The van der Waals surface area contributed by atoms with Crippen LogP contribution in [0.2, 0.25) is 0 Å². The van der Waals surface area contributed by atoms with Crippen LogP contribution in [0.4, 0.5) is 0 Å². The number of esters is 2. The van der Waals surface area contributed by atoms with Gasteiger partial charge in [-0.2, -0.15) is 0 Å². The van der Waals surface area contributed by atoms with E-state index in [-0.39, 0.29) is 22.8 Å². The number of ether oxygens (including phenoxy) is 2. The number of nitrogens with one attached hydrogen (secondary N) is 2. The molecule has 2 N–H and O–H groups in total. The van der Waals surface area contributed by atoms with Crippen molar-refractivity contribution in [1.29, 1.82) is 0 Å². The summed E-state index contributed by atoms with van der Waals surface area (Å²) in [5, 5.41) is 5.02. The van der Waals surface area contributed by atoms with Crippen molar-refractivity contribution in [3.63, 3.8) is 0 Å². The second-order valence-corrected chi connectivity index (χ2v) is 6.41. The molecule has 0 aliphatic heterocycles. The third-order valence-corrected chi connectivity index (χ3v) is 4.20.